The number of carboxylic acid groups (broad SMARTS) is 1. The Morgan fingerprint density at radius 1 is 1.05 bits per heavy atom. The SMILES string of the molecule is CC(=O)NC1C(O)CC(OCC2OC(OC(C)C(CO)OC(O)C(O)O)C(O)C(O)C2O)(C(=O)O)OC1[C@H](O)CCO. The summed E-state index contributed by atoms with van der Waals surface area (Å²) >= 11 is 0. The third-order valence-electron chi connectivity index (χ3n) is 6.84. The van der Waals surface area contributed by atoms with Crippen molar-refractivity contribution in [3.63, 3.8) is 0 Å². The highest BCUT2D eigenvalue weighted by Crippen LogP contribution is 2.35. The third-order valence-corrected chi connectivity index (χ3v) is 6.84. The van der Waals surface area contributed by atoms with Crippen LogP contribution in [0.4, 0.5) is 0 Å². The van der Waals surface area contributed by atoms with Crippen LogP contribution in [-0.4, -0.2) is 174 Å². The number of aliphatic carboxylic acids is 1. The summed E-state index contributed by atoms with van der Waals surface area (Å²) in [6, 6.07) is -1.29. The van der Waals surface area contributed by atoms with E-state index in [1.54, 1.807) is 0 Å². The maximum absolute atomic E-state index is 12.3. The molecule has 19 nitrogen and oxygen atoms in total. The lowest BCUT2D eigenvalue weighted by molar-refractivity contribution is -0.346. The van der Waals surface area contributed by atoms with Crippen LogP contribution in [0.15, 0.2) is 0 Å². The zero-order valence-electron chi connectivity index (χ0n) is 22.8. The van der Waals surface area contributed by atoms with Crippen LogP contribution in [0.3, 0.4) is 0 Å². The van der Waals surface area contributed by atoms with Gasteiger partial charge < -0.3 is 85.2 Å². The van der Waals surface area contributed by atoms with E-state index in [2.05, 4.69) is 5.32 Å². The number of aliphatic hydroxyl groups is 10. The highest BCUT2D eigenvalue weighted by atomic mass is 16.8. The summed E-state index contributed by atoms with van der Waals surface area (Å²) in [6.45, 7) is 0.174. The van der Waals surface area contributed by atoms with E-state index in [1.807, 2.05) is 0 Å². The Labute approximate surface area is 239 Å². The molecule has 2 saturated heterocycles. The normalized spacial score (nSPS) is 36.7. The summed E-state index contributed by atoms with van der Waals surface area (Å²) < 4.78 is 26.8. The third kappa shape index (κ3) is 8.94. The van der Waals surface area contributed by atoms with E-state index >= 15 is 0 Å². The first kappa shape index (κ1) is 36.5. The van der Waals surface area contributed by atoms with Crippen LogP contribution in [0.5, 0.6) is 0 Å². The second-order valence-corrected chi connectivity index (χ2v) is 10.0. The van der Waals surface area contributed by atoms with Crippen molar-refractivity contribution in [3.8, 4) is 0 Å². The Balaban J connectivity index is 2.22. The van der Waals surface area contributed by atoms with E-state index < -0.39 is 124 Å². The van der Waals surface area contributed by atoms with Crippen molar-refractivity contribution in [1.82, 2.24) is 5.32 Å². The minimum absolute atomic E-state index is 0.318. The van der Waals surface area contributed by atoms with Crippen molar-refractivity contribution in [2.45, 2.75) is 112 Å². The molecule has 0 radical (unpaired) electrons. The van der Waals surface area contributed by atoms with E-state index in [-0.39, 0.29) is 6.42 Å². The maximum atomic E-state index is 12.3. The van der Waals surface area contributed by atoms with Gasteiger partial charge in [-0.3, -0.25) is 4.79 Å². The zero-order valence-corrected chi connectivity index (χ0v) is 22.8. The highest BCUT2D eigenvalue weighted by Gasteiger charge is 2.56. The van der Waals surface area contributed by atoms with Crippen molar-refractivity contribution >= 4 is 11.9 Å². The Kier molecular flexibility index (Phi) is 13.8. The lowest BCUT2D eigenvalue weighted by atomic mass is 9.89. The van der Waals surface area contributed by atoms with Crippen LogP contribution in [0, 0.1) is 0 Å². The van der Waals surface area contributed by atoms with Gasteiger partial charge in [0.05, 0.1) is 37.6 Å². The van der Waals surface area contributed by atoms with E-state index in [0.717, 1.165) is 6.92 Å². The number of amides is 1. The Bertz CT molecular complexity index is 865. The molecule has 13 atom stereocenters. The van der Waals surface area contributed by atoms with Crippen LogP contribution >= 0.6 is 0 Å². The molecule has 0 aromatic heterocycles. The molecule has 0 aromatic carbocycles. The van der Waals surface area contributed by atoms with E-state index in [9.17, 15) is 55.5 Å². The summed E-state index contributed by atoms with van der Waals surface area (Å²) in [5.41, 5.74) is 0. The molecule has 246 valence electrons. The molecule has 19 heteroatoms. The average molecular weight is 620 g/mol. The van der Waals surface area contributed by atoms with Gasteiger partial charge in [0.25, 0.3) is 5.79 Å². The molecule has 0 spiro atoms. The van der Waals surface area contributed by atoms with Crippen molar-refractivity contribution in [2.24, 2.45) is 0 Å². The molecule has 0 aliphatic carbocycles. The number of hydrogen-bond donors (Lipinski definition) is 12. The van der Waals surface area contributed by atoms with Gasteiger partial charge in [0, 0.05) is 20.0 Å². The van der Waals surface area contributed by atoms with Gasteiger partial charge in [-0.25, -0.2) is 4.79 Å². The molecule has 0 aromatic rings. The number of ether oxygens (including phenoxy) is 5. The summed E-state index contributed by atoms with van der Waals surface area (Å²) in [5, 5.41) is 111. The van der Waals surface area contributed by atoms with E-state index in [1.165, 1.54) is 6.92 Å². The van der Waals surface area contributed by atoms with E-state index in [4.69, 9.17) is 33.9 Å². The van der Waals surface area contributed by atoms with Gasteiger partial charge in [-0.2, -0.15) is 0 Å². The van der Waals surface area contributed by atoms with Crippen LogP contribution in [0.2, 0.25) is 0 Å². The number of aliphatic hydroxyl groups excluding tert-OH is 9. The van der Waals surface area contributed by atoms with Gasteiger partial charge in [0.2, 0.25) is 18.5 Å². The predicted octanol–water partition coefficient (Wildman–Crippen LogP) is -6.60. The smallest absolute Gasteiger partial charge is 0.364 e. The monoisotopic (exact) mass is 619 g/mol. The summed E-state index contributed by atoms with van der Waals surface area (Å²) in [4.78, 5) is 24.0. The molecule has 2 rings (SSSR count). The molecule has 12 unspecified atom stereocenters. The number of rotatable bonds is 15. The summed E-state index contributed by atoms with van der Waals surface area (Å²) in [7, 11) is 0. The molecule has 0 bridgehead atoms. The lowest BCUT2D eigenvalue weighted by Crippen LogP contribution is -2.67. The number of carbonyl (C=O) groups is 2. The van der Waals surface area contributed by atoms with Crippen LogP contribution in [0.1, 0.15) is 26.7 Å². The maximum Gasteiger partial charge on any atom is 0.364 e. The molecular weight excluding hydrogens is 578 g/mol. The van der Waals surface area contributed by atoms with Gasteiger partial charge in [-0.05, 0) is 13.3 Å². The Morgan fingerprint density at radius 2 is 1.69 bits per heavy atom. The molecule has 42 heavy (non-hydrogen) atoms. The molecule has 1 amide bonds. The largest absolute Gasteiger partial charge is 0.477 e. The molecule has 2 aliphatic rings. The fourth-order valence-corrected chi connectivity index (χ4v) is 4.52. The quantitative estimate of drug-likeness (QED) is 0.0758. The number of hydrogen-bond acceptors (Lipinski definition) is 17. The molecule has 2 fully saturated rings. The second kappa shape index (κ2) is 15.9. The highest BCUT2D eigenvalue weighted by molar-refractivity contribution is 5.76. The average Bonchev–Trinajstić information content (AvgIpc) is 2.91. The van der Waals surface area contributed by atoms with Gasteiger partial charge in [0.15, 0.2) is 6.29 Å². The number of nitrogens with one attached hydrogen (secondary N) is 1. The van der Waals surface area contributed by atoms with Crippen molar-refractivity contribution in [1.29, 1.82) is 0 Å². The zero-order chi connectivity index (χ0) is 31.9. The van der Waals surface area contributed by atoms with Gasteiger partial charge in [0.1, 0.15) is 36.6 Å². The standard InChI is InChI=1S/C23H41NO18/c1-8(12(6-26)40-20(35)19(33)34)39-21-17(32)16(31)15(30)13(41-21)7-38-23(22(36)37)5-11(29)14(24-9(2)27)18(42-23)10(28)3-4-25/h8,10-21,25-26,28-35H,3-7H2,1-2H3,(H,24,27)(H,36,37)/t8?,10-,11?,12?,13?,14?,15?,16?,17?,18?,20?,21?,23?/m1/s1. The van der Waals surface area contributed by atoms with Crippen LogP contribution in [0.25, 0.3) is 0 Å². The summed E-state index contributed by atoms with van der Waals surface area (Å²) in [5.74, 6) is -5.08. The minimum Gasteiger partial charge on any atom is -0.477 e. The van der Waals surface area contributed by atoms with Crippen LogP contribution in [-0.2, 0) is 33.3 Å². The first-order valence-electron chi connectivity index (χ1n) is 13.0. The minimum atomic E-state index is -2.68. The number of carboxylic acids is 1. The number of carbonyl (C=O) groups excluding carboxylic acids is 1. The molecule has 12 N–H and O–H groups in total. The van der Waals surface area contributed by atoms with Crippen LogP contribution < -0.4 is 5.32 Å². The Hall–Kier alpha value is -1.66. The van der Waals surface area contributed by atoms with E-state index in [0.29, 0.717) is 0 Å². The second-order valence-electron chi connectivity index (χ2n) is 10.0. The molecular formula is C23H41NO18. The molecule has 2 heterocycles. The summed E-state index contributed by atoms with van der Waals surface area (Å²) in [6.07, 6.45) is -22.1. The van der Waals surface area contributed by atoms with Crippen molar-refractivity contribution in [3.05, 3.63) is 0 Å². The predicted molar refractivity (Wildman–Crippen MR) is 131 cm³/mol. The van der Waals surface area contributed by atoms with Gasteiger partial charge >= 0.3 is 5.97 Å². The Morgan fingerprint density at radius 3 is 2.21 bits per heavy atom. The molecule has 2 aliphatic heterocycles. The fraction of sp³-hybridized carbons (Fsp3) is 0.913. The lowest BCUT2D eigenvalue weighted by Gasteiger charge is -2.47. The first-order valence-corrected chi connectivity index (χ1v) is 13.0. The van der Waals surface area contributed by atoms with Gasteiger partial charge in [-0.15, -0.1) is 0 Å². The fourth-order valence-electron chi connectivity index (χ4n) is 4.52. The van der Waals surface area contributed by atoms with Crippen molar-refractivity contribution < 1.29 is 89.4 Å². The van der Waals surface area contributed by atoms with Gasteiger partial charge in [-0.1, -0.05) is 0 Å². The molecule has 0 saturated carbocycles. The first-order chi connectivity index (χ1) is 19.6. The van der Waals surface area contributed by atoms with Crippen molar-refractivity contribution in [2.75, 3.05) is 19.8 Å². The topological polar surface area (TPSA) is 315 Å².